The maximum absolute atomic E-state index is 12.8. The number of nitrogens with zero attached hydrogens (tertiary/aromatic N) is 3. The van der Waals surface area contributed by atoms with Gasteiger partial charge in [0.2, 0.25) is 0 Å². The number of alkyl halides is 3. The van der Waals surface area contributed by atoms with Crippen molar-refractivity contribution in [1.29, 1.82) is 0 Å². The van der Waals surface area contributed by atoms with Gasteiger partial charge in [0.15, 0.2) is 5.69 Å². The summed E-state index contributed by atoms with van der Waals surface area (Å²) in [5.74, 6) is -0.305. The van der Waals surface area contributed by atoms with Crippen molar-refractivity contribution < 1.29 is 18.0 Å². The number of aryl methyl sites for hydroxylation is 1. The maximum Gasteiger partial charge on any atom is 0.416 e. The third kappa shape index (κ3) is 4.44. The van der Waals surface area contributed by atoms with Crippen molar-refractivity contribution in [2.75, 3.05) is 20.1 Å². The Balaban J connectivity index is 1.81. The highest BCUT2D eigenvalue weighted by Crippen LogP contribution is 2.35. The summed E-state index contributed by atoms with van der Waals surface area (Å²) in [6, 6.07) is 4.72. The summed E-state index contributed by atoms with van der Waals surface area (Å²) in [6.07, 6.45) is -2.55. The molecule has 1 fully saturated rings. The van der Waals surface area contributed by atoms with Gasteiger partial charge < -0.3 is 10.2 Å². The Bertz CT molecular complexity index is 850. The summed E-state index contributed by atoms with van der Waals surface area (Å²) in [6.45, 7) is 1.78. The van der Waals surface area contributed by atoms with Gasteiger partial charge in [-0.2, -0.15) is 18.3 Å². The zero-order valence-electron chi connectivity index (χ0n) is 15.0. The van der Waals surface area contributed by atoms with Gasteiger partial charge in [0.1, 0.15) is 0 Å². The number of carbonyl (C=O) groups excluding carboxylic acids is 1. The highest BCUT2D eigenvalue weighted by Gasteiger charge is 2.31. The number of nitrogens with one attached hydrogen (secondary N) is 1. The lowest BCUT2D eigenvalue weighted by atomic mass is 10.1. The van der Waals surface area contributed by atoms with E-state index >= 15 is 0 Å². The summed E-state index contributed by atoms with van der Waals surface area (Å²) in [7, 11) is 3.62. The van der Waals surface area contributed by atoms with Crippen LogP contribution in [0.2, 0.25) is 5.02 Å². The minimum absolute atomic E-state index is 0.0475. The normalized spacial score (nSPS) is 18.5. The second-order valence-corrected chi connectivity index (χ2v) is 7.21. The Labute approximate surface area is 160 Å². The second-order valence-electron chi connectivity index (χ2n) is 6.81. The van der Waals surface area contributed by atoms with Gasteiger partial charge in [-0.15, -0.1) is 0 Å². The Morgan fingerprint density at radius 2 is 2.04 bits per heavy atom. The van der Waals surface area contributed by atoms with Gasteiger partial charge in [0, 0.05) is 25.2 Å². The van der Waals surface area contributed by atoms with Crippen LogP contribution in [0.15, 0.2) is 24.3 Å². The van der Waals surface area contributed by atoms with Crippen molar-refractivity contribution in [2.45, 2.75) is 25.1 Å². The van der Waals surface area contributed by atoms with E-state index in [0.29, 0.717) is 11.3 Å². The Kier molecular flexibility index (Phi) is 5.48. The van der Waals surface area contributed by atoms with Crippen LogP contribution in [0.5, 0.6) is 0 Å². The van der Waals surface area contributed by atoms with Crippen LogP contribution in [0.1, 0.15) is 28.9 Å². The number of likely N-dealkylation sites (tertiary alicyclic amines) is 1. The molecule has 0 spiro atoms. The fourth-order valence-corrected chi connectivity index (χ4v) is 3.55. The van der Waals surface area contributed by atoms with Crippen LogP contribution in [0.4, 0.5) is 13.2 Å². The average Bonchev–Trinajstić information content (AvgIpc) is 2.96. The Hall–Kier alpha value is -2.06. The van der Waals surface area contributed by atoms with E-state index in [1.54, 1.807) is 7.05 Å². The molecule has 0 unspecified atom stereocenters. The maximum atomic E-state index is 12.8. The van der Waals surface area contributed by atoms with Gasteiger partial charge in [-0.1, -0.05) is 17.7 Å². The molecule has 1 aromatic carbocycles. The number of carbonyl (C=O) groups is 1. The van der Waals surface area contributed by atoms with Crippen molar-refractivity contribution in [1.82, 2.24) is 20.0 Å². The Morgan fingerprint density at radius 3 is 2.67 bits per heavy atom. The summed E-state index contributed by atoms with van der Waals surface area (Å²) in [5, 5.41) is 7.11. The van der Waals surface area contributed by atoms with Crippen LogP contribution in [0.3, 0.4) is 0 Å². The molecule has 1 aliphatic rings. The number of piperidine rings is 1. The zero-order chi connectivity index (χ0) is 19.8. The molecule has 146 valence electrons. The number of hydrogen-bond donors (Lipinski definition) is 1. The van der Waals surface area contributed by atoms with E-state index in [-0.39, 0.29) is 22.7 Å². The molecule has 3 rings (SSSR count). The van der Waals surface area contributed by atoms with Crippen molar-refractivity contribution in [3.8, 4) is 11.3 Å². The van der Waals surface area contributed by atoms with Crippen LogP contribution < -0.4 is 5.32 Å². The highest BCUT2D eigenvalue weighted by molar-refractivity contribution is 6.33. The summed E-state index contributed by atoms with van der Waals surface area (Å²) >= 11 is 6.06. The molecule has 1 atom stereocenters. The molecule has 0 aliphatic carbocycles. The first-order valence-electron chi connectivity index (χ1n) is 8.55. The molecule has 0 bridgehead atoms. The van der Waals surface area contributed by atoms with E-state index in [1.807, 2.05) is 7.05 Å². The van der Waals surface area contributed by atoms with Crippen molar-refractivity contribution in [2.24, 2.45) is 7.05 Å². The van der Waals surface area contributed by atoms with Crippen molar-refractivity contribution in [3.05, 3.63) is 40.5 Å². The van der Waals surface area contributed by atoms with Crippen LogP contribution in [-0.2, 0) is 13.2 Å². The van der Waals surface area contributed by atoms with Crippen molar-refractivity contribution in [3.63, 3.8) is 0 Å². The number of rotatable bonds is 3. The molecule has 1 saturated heterocycles. The molecule has 1 aromatic heterocycles. The number of benzene rings is 1. The molecule has 0 radical (unpaired) electrons. The third-order valence-corrected chi connectivity index (χ3v) is 4.96. The van der Waals surface area contributed by atoms with Crippen LogP contribution >= 0.6 is 11.6 Å². The molecular weight excluding hydrogens is 381 g/mol. The number of amides is 1. The molecule has 1 N–H and O–H groups in total. The first-order valence-corrected chi connectivity index (χ1v) is 8.93. The molecule has 1 aliphatic heterocycles. The van der Waals surface area contributed by atoms with Crippen LogP contribution in [0, 0.1) is 0 Å². The SMILES string of the molecule is CN1CCC[C@@H](NC(=O)c2cc(-c3ccc(C(F)(F)F)cc3Cl)n(C)n2)C1. The predicted molar refractivity (Wildman–Crippen MR) is 96.6 cm³/mol. The Morgan fingerprint density at radius 1 is 1.30 bits per heavy atom. The zero-order valence-corrected chi connectivity index (χ0v) is 15.7. The molecule has 5 nitrogen and oxygen atoms in total. The highest BCUT2D eigenvalue weighted by atomic mass is 35.5. The topological polar surface area (TPSA) is 50.2 Å². The van der Waals surface area contributed by atoms with Gasteiger partial charge in [-0.3, -0.25) is 9.48 Å². The first kappa shape index (κ1) is 19.7. The molecule has 2 aromatic rings. The lowest BCUT2D eigenvalue weighted by molar-refractivity contribution is -0.137. The largest absolute Gasteiger partial charge is 0.416 e. The van der Waals surface area contributed by atoms with E-state index < -0.39 is 11.7 Å². The predicted octanol–water partition coefficient (Wildman–Crippen LogP) is 3.58. The van der Waals surface area contributed by atoms with Gasteiger partial charge in [0.05, 0.1) is 16.3 Å². The number of likely N-dealkylation sites (N-methyl/N-ethyl adjacent to an activating group) is 1. The molecule has 2 heterocycles. The van der Waals surface area contributed by atoms with E-state index in [1.165, 1.54) is 16.8 Å². The number of halogens is 4. The summed E-state index contributed by atoms with van der Waals surface area (Å²) < 4.78 is 39.9. The molecule has 27 heavy (non-hydrogen) atoms. The lowest BCUT2D eigenvalue weighted by Gasteiger charge is -2.29. The first-order chi connectivity index (χ1) is 12.6. The van der Waals surface area contributed by atoms with Gasteiger partial charge in [-0.05, 0) is 44.6 Å². The van der Waals surface area contributed by atoms with Crippen LogP contribution in [-0.4, -0.2) is 46.8 Å². The van der Waals surface area contributed by atoms with Gasteiger partial charge in [0.25, 0.3) is 5.91 Å². The third-order valence-electron chi connectivity index (χ3n) is 4.64. The summed E-state index contributed by atoms with van der Waals surface area (Å²) in [5.41, 5.74) is 0.241. The minimum atomic E-state index is -4.47. The molecule has 1 amide bonds. The quantitative estimate of drug-likeness (QED) is 0.856. The van der Waals surface area contributed by atoms with Crippen LogP contribution in [0.25, 0.3) is 11.3 Å². The molecule has 0 saturated carbocycles. The van der Waals surface area contributed by atoms with Gasteiger partial charge >= 0.3 is 6.18 Å². The smallest absolute Gasteiger partial charge is 0.347 e. The standard InChI is InChI=1S/C18H20ClF3N4O/c1-25-7-3-4-12(10-25)23-17(27)15-9-16(26(2)24-15)13-6-5-11(8-14(13)19)18(20,21)22/h5-6,8-9,12H,3-4,7,10H2,1-2H3,(H,23,27)/t12-/m1/s1. The van der Waals surface area contributed by atoms with Crippen molar-refractivity contribution >= 4 is 17.5 Å². The van der Waals surface area contributed by atoms with E-state index in [4.69, 9.17) is 11.6 Å². The lowest BCUT2D eigenvalue weighted by Crippen LogP contribution is -2.46. The van der Waals surface area contributed by atoms with E-state index in [2.05, 4.69) is 15.3 Å². The number of aromatic nitrogens is 2. The summed E-state index contributed by atoms with van der Waals surface area (Å²) in [4.78, 5) is 14.7. The van der Waals surface area contributed by atoms with Gasteiger partial charge in [-0.25, -0.2) is 0 Å². The minimum Gasteiger partial charge on any atom is -0.347 e. The second kappa shape index (κ2) is 7.52. The monoisotopic (exact) mass is 400 g/mol. The molecular formula is C18H20ClF3N4O. The van der Waals surface area contributed by atoms with E-state index in [9.17, 15) is 18.0 Å². The fraction of sp³-hybridized carbons (Fsp3) is 0.444. The van der Waals surface area contributed by atoms with E-state index in [0.717, 1.165) is 38.1 Å². The fourth-order valence-electron chi connectivity index (χ4n) is 3.27. The molecule has 9 heteroatoms. The average molecular weight is 401 g/mol. The number of hydrogen-bond acceptors (Lipinski definition) is 3.